The van der Waals surface area contributed by atoms with E-state index in [-0.39, 0.29) is 12.1 Å². The van der Waals surface area contributed by atoms with Crippen molar-refractivity contribution in [3.8, 4) is 0 Å². The Labute approximate surface area is 107 Å². The molecule has 0 unspecified atom stereocenters. The molecule has 0 bridgehead atoms. The lowest BCUT2D eigenvalue weighted by molar-refractivity contribution is 0.0103. The molecule has 0 radical (unpaired) electrons. The van der Waals surface area contributed by atoms with E-state index >= 15 is 0 Å². The molecular weight excluding hydrogens is 270 g/mol. The Hall–Kier alpha value is -0.250. The monoisotopic (exact) mass is 291 g/mol. The molecule has 0 saturated carbocycles. The summed E-state index contributed by atoms with van der Waals surface area (Å²) in [6, 6.07) is 0.267. The molecule has 1 heterocycles. The number of amides is 1. The number of nitrogens with zero attached hydrogens (tertiary/aromatic N) is 1. The van der Waals surface area contributed by atoms with Gasteiger partial charge in [0.1, 0.15) is 5.60 Å². The summed E-state index contributed by atoms with van der Waals surface area (Å²) in [5.74, 6) is 0. The highest BCUT2D eigenvalue weighted by Crippen LogP contribution is 2.25. The average molecular weight is 292 g/mol. The number of ether oxygens (including phenoxy) is 1. The predicted molar refractivity (Wildman–Crippen MR) is 69.0 cm³/mol. The Morgan fingerprint density at radius 1 is 1.44 bits per heavy atom. The highest BCUT2D eigenvalue weighted by Gasteiger charge is 2.32. The van der Waals surface area contributed by atoms with Gasteiger partial charge in [0.25, 0.3) is 0 Å². The minimum Gasteiger partial charge on any atom is -0.444 e. The van der Waals surface area contributed by atoms with Gasteiger partial charge >= 0.3 is 6.09 Å². The van der Waals surface area contributed by atoms with Crippen LogP contribution in [0.25, 0.3) is 0 Å². The van der Waals surface area contributed by atoms with Gasteiger partial charge in [-0.2, -0.15) is 0 Å². The standard InChI is InChI=1S/C12H22BrNO2/c1-9(13)10-7-5-6-8-14(10)11(15)16-12(2,3)4/h9-10H,5-8H2,1-4H3/t9-,10+/m0/s1. The van der Waals surface area contributed by atoms with Gasteiger partial charge in [0.2, 0.25) is 0 Å². The van der Waals surface area contributed by atoms with Crippen LogP contribution in [0.3, 0.4) is 0 Å². The zero-order chi connectivity index (χ0) is 12.3. The van der Waals surface area contributed by atoms with Crippen LogP contribution in [0, 0.1) is 0 Å². The molecule has 0 spiro atoms. The van der Waals surface area contributed by atoms with Crippen molar-refractivity contribution in [3.05, 3.63) is 0 Å². The summed E-state index contributed by atoms with van der Waals surface area (Å²) >= 11 is 3.57. The van der Waals surface area contributed by atoms with Gasteiger partial charge in [0.05, 0.1) is 0 Å². The average Bonchev–Trinajstić information content (AvgIpc) is 2.15. The molecule has 0 N–H and O–H groups in total. The van der Waals surface area contributed by atoms with Crippen molar-refractivity contribution in [2.75, 3.05) is 6.54 Å². The minimum atomic E-state index is -0.408. The third-order valence-corrected chi connectivity index (χ3v) is 3.32. The molecule has 0 aliphatic carbocycles. The van der Waals surface area contributed by atoms with Crippen LogP contribution >= 0.6 is 15.9 Å². The zero-order valence-electron chi connectivity index (χ0n) is 10.6. The summed E-state index contributed by atoms with van der Waals surface area (Å²) in [6.07, 6.45) is 3.16. The zero-order valence-corrected chi connectivity index (χ0v) is 12.2. The molecule has 94 valence electrons. The van der Waals surface area contributed by atoms with Gasteiger partial charge in [-0.3, -0.25) is 0 Å². The summed E-state index contributed by atoms with van der Waals surface area (Å²) < 4.78 is 5.42. The molecule has 2 atom stereocenters. The smallest absolute Gasteiger partial charge is 0.410 e. The molecular formula is C12H22BrNO2. The maximum absolute atomic E-state index is 12.0. The molecule has 0 aromatic rings. The van der Waals surface area contributed by atoms with Crippen LogP contribution in [-0.4, -0.2) is 34.0 Å². The number of rotatable bonds is 1. The topological polar surface area (TPSA) is 29.5 Å². The SMILES string of the molecule is C[C@H](Br)[C@H]1CCCCN1C(=O)OC(C)(C)C. The Kier molecular flexibility index (Phi) is 4.65. The predicted octanol–water partition coefficient (Wildman–Crippen LogP) is 3.56. The molecule has 3 nitrogen and oxygen atoms in total. The van der Waals surface area contributed by atoms with Gasteiger partial charge in [-0.15, -0.1) is 0 Å². The summed E-state index contributed by atoms with van der Waals surface area (Å²) in [5.41, 5.74) is -0.408. The van der Waals surface area contributed by atoms with Gasteiger partial charge in [-0.1, -0.05) is 22.9 Å². The summed E-state index contributed by atoms with van der Waals surface area (Å²) in [4.78, 5) is 14.2. The first kappa shape index (κ1) is 13.8. The third kappa shape index (κ3) is 3.96. The molecule has 16 heavy (non-hydrogen) atoms. The largest absolute Gasteiger partial charge is 0.444 e. The van der Waals surface area contributed by atoms with Crippen molar-refractivity contribution in [1.82, 2.24) is 4.90 Å². The lowest BCUT2D eigenvalue weighted by Crippen LogP contribution is -2.49. The Bertz CT molecular complexity index is 248. The van der Waals surface area contributed by atoms with Crippen molar-refractivity contribution in [1.29, 1.82) is 0 Å². The quantitative estimate of drug-likeness (QED) is 0.692. The van der Waals surface area contributed by atoms with E-state index < -0.39 is 5.60 Å². The number of carbonyl (C=O) groups is 1. The Morgan fingerprint density at radius 3 is 2.56 bits per heavy atom. The van der Waals surface area contributed by atoms with E-state index in [1.807, 2.05) is 25.7 Å². The molecule has 0 aromatic heterocycles. The fourth-order valence-electron chi connectivity index (χ4n) is 1.98. The number of halogens is 1. The van der Waals surface area contributed by atoms with Crippen LogP contribution in [0.1, 0.15) is 47.0 Å². The van der Waals surface area contributed by atoms with E-state index in [2.05, 4.69) is 22.9 Å². The number of hydrogen-bond acceptors (Lipinski definition) is 2. The van der Waals surface area contributed by atoms with Crippen LogP contribution in [0.5, 0.6) is 0 Å². The highest BCUT2D eigenvalue weighted by molar-refractivity contribution is 9.09. The molecule has 4 heteroatoms. The first-order chi connectivity index (χ1) is 7.31. The molecule has 1 saturated heterocycles. The first-order valence-electron chi connectivity index (χ1n) is 5.95. The third-order valence-electron chi connectivity index (χ3n) is 2.71. The maximum atomic E-state index is 12.0. The number of carbonyl (C=O) groups excluding carboxylic acids is 1. The molecule has 1 aliphatic rings. The van der Waals surface area contributed by atoms with Crippen LogP contribution in [0.4, 0.5) is 4.79 Å². The normalized spacial score (nSPS) is 24.1. The summed E-state index contributed by atoms with van der Waals surface area (Å²) in [5, 5.41) is 0. The first-order valence-corrected chi connectivity index (χ1v) is 6.86. The van der Waals surface area contributed by atoms with Crippen LogP contribution in [0.2, 0.25) is 0 Å². The summed E-state index contributed by atoms with van der Waals surface area (Å²) in [6.45, 7) is 8.62. The minimum absolute atomic E-state index is 0.177. The van der Waals surface area contributed by atoms with Gasteiger partial charge < -0.3 is 9.64 Å². The molecule has 1 amide bonds. The highest BCUT2D eigenvalue weighted by atomic mass is 79.9. The van der Waals surface area contributed by atoms with E-state index in [1.165, 1.54) is 6.42 Å². The molecule has 0 aromatic carbocycles. The lowest BCUT2D eigenvalue weighted by atomic mass is 10.0. The number of piperidine rings is 1. The van der Waals surface area contributed by atoms with Crippen molar-refractivity contribution in [2.24, 2.45) is 0 Å². The second-order valence-electron chi connectivity index (χ2n) is 5.41. The maximum Gasteiger partial charge on any atom is 0.410 e. The van der Waals surface area contributed by atoms with Crippen molar-refractivity contribution in [3.63, 3.8) is 0 Å². The summed E-state index contributed by atoms with van der Waals surface area (Å²) in [7, 11) is 0. The van der Waals surface area contributed by atoms with Crippen LogP contribution < -0.4 is 0 Å². The van der Waals surface area contributed by atoms with E-state index in [4.69, 9.17) is 4.74 Å². The Morgan fingerprint density at radius 2 is 2.06 bits per heavy atom. The van der Waals surface area contributed by atoms with Crippen molar-refractivity contribution in [2.45, 2.75) is 63.4 Å². The van der Waals surface area contributed by atoms with E-state index in [0.717, 1.165) is 19.4 Å². The van der Waals surface area contributed by atoms with Gasteiger partial charge in [0, 0.05) is 17.4 Å². The second-order valence-corrected chi connectivity index (χ2v) is 6.86. The van der Waals surface area contributed by atoms with Gasteiger partial charge in [-0.05, 0) is 40.0 Å². The van der Waals surface area contributed by atoms with Crippen molar-refractivity contribution >= 4 is 22.0 Å². The number of alkyl halides is 1. The van der Waals surface area contributed by atoms with E-state index in [1.54, 1.807) is 0 Å². The molecule has 1 aliphatic heterocycles. The van der Waals surface area contributed by atoms with Crippen LogP contribution in [-0.2, 0) is 4.74 Å². The number of hydrogen-bond donors (Lipinski definition) is 0. The van der Waals surface area contributed by atoms with Gasteiger partial charge in [-0.25, -0.2) is 4.79 Å². The lowest BCUT2D eigenvalue weighted by Gasteiger charge is -2.38. The van der Waals surface area contributed by atoms with Gasteiger partial charge in [0.15, 0.2) is 0 Å². The second kappa shape index (κ2) is 5.39. The Balaban J connectivity index is 2.64. The van der Waals surface area contributed by atoms with Crippen LogP contribution in [0.15, 0.2) is 0 Å². The molecule has 1 fully saturated rings. The fraction of sp³-hybridized carbons (Fsp3) is 0.917. The van der Waals surface area contributed by atoms with E-state index in [9.17, 15) is 4.79 Å². The van der Waals surface area contributed by atoms with Crippen molar-refractivity contribution < 1.29 is 9.53 Å². The van der Waals surface area contributed by atoms with E-state index in [0.29, 0.717) is 4.83 Å². The molecule has 1 rings (SSSR count). The fourth-order valence-corrected chi connectivity index (χ4v) is 2.53. The number of likely N-dealkylation sites (tertiary alicyclic amines) is 1.